The Hall–Kier alpha value is -1.83. The molecule has 1 atom stereocenters. The van der Waals surface area contributed by atoms with Crippen LogP contribution in [-0.2, 0) is 4.74 Å². The predicted octanol–water partition coefficient (Wildman–Crippen LogP) is 3.65. The lowest BCUT2D eigenvalue weighted by Crippen LogP contribution is -2.49. The van der Waals surface area contributed by atoms with Crippen molar-refractivity contribution in [1.29, 1.82) is 0 Å². The molecule has 2 saturated heterocycles. The fourth-order valence-electron chi connectivity index (χ4n) is 3.66. The van der Waals surface area contributed by atoms with Crippen molar-refractivity contribution in [3.63, 3.8) is 0 Å². The Morgan fingerprint density at radius 3 is 2.52 bits per heavy atom. The molecular weight excluding hydrogens is 359 g/mol. The smallest absolute Gasteiger partial charge is 0.377 e. The second-order valence-electron chi connectivity index (χ2n) is 7.19. The van der Waals surface area contributed by atoms with Crippen LogP contribution in [0.5, 0.6) is 0 Å². The summed E-state index contributed by atoms with van der Waals surface area (Å²) in [7, 11) is 0. The van der Waals surface area contributed by atoms with Crippen LogP contribution in [0.3, 0.4) is 0 Å². The predicted molar refractivity (Wildman–Crippen MR) is 95.9 cm³/mol. The standard InChI is InChI=1S/C19H26F3N3O2/c20-19(21,22)8-7-16-14-27-12-11-25(16)18(26)15-5-6-17(23-13-15)24-9-3-1-2-4-10-24/h5-6,13,16H,1-4,7-12,14H2. The van der Waals surface area contributed by atoms with E-state index >= 15 is 0 Å². The number of carbonyl (C=O) groups excluding carboxylic acids is 1. The second-order valence-corrected chi connectivity index (χ2v) is 7.19. The van der Waals surface area contributed by atoms with E-state index in [1.54, 1.807) is 12.3 Å². The Labute approximate surface area is 157 Å². The number of ether oxygens (including phenoxy) is 1. The maximum atomic E-state index is 12.8. The number of aromatic nitrogens is 1. The summed E-state index contributed by atoms with van der Waals surface area (Å²) in [5.41, 5.74) is 0.410. The molecule has 0 saturated carbocycles. The van der Waals surface area contributed by atoms with Crippen LogP contribution >= 0.6 is 0 Å². The number of alkyl halides is 3. The van der Waals surface area contributed by atoms with Crippen LogP contribution in [0, 0.1) is 0 Å². The van der Waals surface area contributed by atoms with Gasteiger partial charge in [-0.3, -0.25) is 4.79 Å². The van der Waals surface area contributed by atoms with Crippen molar-refractivity contribution >= 4 is 11.7 Å². The molecule has 0 aromatic carbocycles. The lowest BCUT2D eigenvalue weighted by molar-refractivity contribution is -0.140. The van der Waals surface area contributed by atoms with Gasteiger partial charge < -0.3 is 14.5 Å². The van der Waals surface area contributed by atoms with Gasteiger partial charge in [0.25, 0.3) is 5.91 Å². The van der Waals surface area contributed by atoms with E-state index in [-0.39, 0.29) is 18.9 Å². The molecule has 5 nitrogen and oxygen atoms in total. The molecule has 2 fully saturated rings. The first kappa shape index (κ1) is 19.9. The third kappa shape index (κ3) is 5.57. The van der Waals surface area contributed by atoms with Crippen LogP contribution < -0.4 is 4.90 Å². The minimum absolute atomic E-state index is 0.140. The van der Waals surface area contributed by atoms with Crippen molar-refractivity contribution in [3.05, 3.63) is 23.9 Å². The van der Waals surface area contributed by atoms with Gasteiger partial charge in [-0.25, -0.2) is 4.98 Å². The summed E-state index contributed by atoms with van der Waals surface area (Å²) < 4.78 is 42.9. The summed E-state index contributed by atoms with van der Waals surface area (Å²) in [5, 5.41) is 0. The average Bonchev–Trinajstić information content (AvgIpc) is 2.95. The average molecular weight is 385 g/mol. The topological polar surface area (TPSA) is 45.7 Å². The van der Waals surface area contributed by atoms with Gasteiger partial charge in [-0.05, 0) is 31.4 Å². The Bertz CT molecular complexity index is 614. The van der Waals surface area contributed by atoms with Crippen molar-refractivity contribution in [3.8, 4) is 0 Å². The van der Waals surface area contributed by atoms with Crippen molar-refractivity contribution < 1.29 is 22.7 Å². The van der Waals surface area contributed by atoms with Gasteiger partial charge in [0.15, 0.2) is 0 Å². The molecule has 0 bridgehead atoms. The highest BCUT2D eigenvalue weighted by molar-refractivity contribution is 5.94. The van der Waals surface area contributed by atoms with Crippen LogP contribution in [0.15, 0.2) is 18.3 Å². The third-order valence-electron chi connectivity index (χ3n) is 5.17. The number of nitrogens with zero attached hydrogens (tertiary/aromatic N) is 3. The third-order valence-corrected chi connectivity index (χ3v) is 5.17. The maximum absolute atomic E-state index is 12.8. The van der Waals surface area contributed by atoms with E-state index < -0.39 is 18.6 Å². The molecule has 0 spiro atoms. The molecule has 1 aromatic heterocycles. The van der Waals surface area contributed by atoms with Crippen LogP contribution in [0.2, 0.25) is 0 Å². The van der Waals surface area contributed by atoms with Gasteiger partial charge in [0.05, 0.1) is 24.8 Å². The van der Waals surface area contributed by atoms with E-state index in [0.29, 0.717) is 18.7 Å². The zero-order chi connectivity index (χ0) is 19.3. The van der Waals surface area contributed by atoms with Crippen LogP contribution in [0.4, 0.5) is 19.0 Å². The summed E-state index contributed by atoms with van der Waals surface area (Å²) in [4.78, 5) is 21.0. The summed E-state index contributed by atoms with van der Waals surface area (Å²) in [6.07, 6.45) is 0.966. The molecule has 2 aliphatic rings. The first-order valence-corrected chi connectivity index (χ1v) is 9.60. The van der Waals surface area contributed by atoms with E-state index in [1.165, 1.54) is 17.7 Å². The molecule has 1 unspecified atom stereocenters. The lowest BCUT2D eigenvalue weighted by atomic mass is 10.1. The van der Waals surface area contributed by atoms with E-state index in [4.69, 9.17) is 4.74 Å². The van der Waals surface area contributed by atoms with E-state index in [0.717, 1.165) is 31.7 Å². The Balaban J connectivity index is 1.66. The molecule has 150 valence electrons. The molecule has 0 aliphatic carbocycles. The molecule has 2 aliphatic heterocycles. The summed E-state index contributed by atoms with van der Waals surface area (Å²) in [6, 6.07) is 3.01. The first-order chi connectivity index (χ1) is 12.9. The van der Waals surface area contributed by atoms with Crippen LogP contribution in [-0.4, -0.2) is 60.9 Å². The van der Waals surface area contributed by atoms with Crippen molar-refractivity contribution in [2.45, 2.75) is 50.7 Å². The quantitative estimate of drug-likeness (QED) is 0.794. The van der Waals surface area contributed by atoms with Gasteiger partial charge in [-0.2, -0.15) is 13.2 Å². The van der Waals surface area contributed by atoms with Crippen LogP contribution in [0.1, 0.15) is 48.9 Å². The molecule has 1 amide bonds. The van der Waals surface area contributed by atoms with Crippen molar-refractivity contribution in [1.82, 2.24) is 9.88 Å². The molecule has 0 N–H and O–H groups in total. The molecule has 1 aromatic rings. The highest BCUT2D eigenvalue weighted by atomic mass is 19.4. The lowest BCUT2D eigenvalue weighted by Gasteiger charge is -2.36. The van der Waals surface area contributed by atoms with Gasteiger partial charge in [0.1, 0.15) is 5.82 Å². The van der Waals surface area contributed by atoms with Crippen molar-refractivity contribution in [2.75, 3.05) is 37.7 Å². The SMILES string of the molecule is O=C(c1ccc(N2CCCCCC2)nc1)N1CCOCC1CCC(F)(F)F. The number of hydrogen-bond acceptors (Lipinski definition) is 4. The fraction of sp³-hybridized carbons (Fsp3) is 0.684. The number of hydrogen-bond donors (Lipinski definition) is 0. The Kier molecular flexibility index (Phi) is 6.57. The minimum atomic E-state index is -4.23. The second kappa shape index (κ2) is 8.91. The summed E-state index contributed by atoms with van der Waals surface area (Å²) in [5.74, 6) is 0.574. The zero-order valence-electron chi connectivity index (χ0n) is 15.4. The minimum Gasteiger partial charge on any atom is -0.377 e. The highest BCUT2D eigenvalue weighted by Gasteiger charge is 2.33. The van der Waals surface area contributed by atoms with E-state index in [1.807, 2.05) is 6.07 Å². The molecule has 3 rings (SSSR count). The number of anilines is 1. The largest absolute Gasteiger partial charge is 0.389 e. The van der Waals surface area contributed by atoms with Gasteiger partial charge in [-0.15, -0.1) is 0 Å². The van der Waals surface area contributed by atoms with Gasteiger partial charge in [-0.1, -0.05) is 12.8 Å². The van der Waals surface area contributed by atoms with E-state index in [2.05, 4.69) is 9.88 Å². The van der Waals surface area contributed by atoms with Gasteiger partial charge in [0, 0.05) is 32.3 Å². The number of halogens is 3. The number of carbonyl (C=O) groups is 1. The van der Waals surface area contributed by atoms with Gasteiger partial charge >= 0.3 is 6.18 Å². The molecule has 3 heterocycles. The summed E-state index contributed by atoms with van der Waals surface area (Å²) >= 11 is 0. The molecule has 0 radical (unpaired) electrons. The number of rotatable bonds is 4. The normalized spacial score (nSPS) is 21.8. The fourth-order valence-corrected chi connectivity index (χ4v) is 3.66. The Morgan fingerprint density at radius 2 is 1.89 bits per heavy atom. The molecule has 8 heteroatoms. The number of amides is 1. The highest BCUT2D eigenvalue weighted by Crippen LogP contribution is 2.26. The monoisotopic (exact) mass is 385 g/mol. The zero-order valence-corrected chi connectivity index (χ0v) is 15.4. The molecule has 27 heavy (non-hydrogen) atoms. The van der Waals surface area contributed by atoms with E-state index in [9.17, 15) is 18.0 Å². The first-order valence-electron chi connectivity index (χ1n) is 9.60. The number of morpholine rings is 1. The van der Waals surface area contributed by atoms with Gasteiger partial charge in [0.2, 0.25) is 0 Å². The van der Waals surface area contributed by atoms with Crippen LogP contribution in [0.25, 0.3) is 0 Å². The molecular formula is C19H26F3N3O2. The number of pyridine rings is 1. The summed E-state index contributed by atoms with van der Waals surface area (Å²) in [6.45, 7) is 2.70. The Morgan fingerprint density at radius 1 is 1.15 bits per heavy atom. The van der Waals surface area contributed by atoms with Crippen molar-refractivity contribution in [2.24, 2.45) is 0 Å². The maximum Gasteiger partial charge on any atom is 0.389 e.